The molecule has 128 valence electrons. The van der Waals surface area contributed by atoms with Crippen LogP contribution in [-0.2, 0) is 9.59 Å². The van der Waals surface area contributed by atoms with Crippen LogP contribution in [0.15, 0.2) is 67.3 Å². The van der Waals surface area contributed by atoms with E-state index in [9.17, 15) is 14.0 Å². The average molecular weight is 338 g/mol. The van der Waals surface area contributed by atoms with Gasteiger partial charge in [0.2, 0.25) is 11.8 Å². The molecule has 1 saturated heterocycles. The molecule has 0 spiro atoms. The number of halogens is 1. The Labute approximate surface area is 146 Å². The van der Waals surface area contributed by atoms with Gasteiger partial charge in [-0.25, -0.2) is 4.39 Å². The van der Waals surface area contributed by atoms with E-state index in [4.69, 9.17) is 0 Å². The monoisotopic (exact) mass is 338 g/mol. The predicted octanol–water partition coefficient (Wildman–Crippen LogP) is 3.40. The van der Waals surface area contributed by atoms with Crippen LogP contribution < -0.4 is 9.80 Å². The van der Waals surface area contributed by atoms with Crippen molar-refractivity contribution in [1.29, 1.82) is 0 Å². The molecule has 2 aromatic carbocycles. The van der Waals surface area contributed by atoms with Gasteiger partial charge in [0.05, 0.1) is 11.6 Å². The number of rotatable bonds is 5. The Bertz CT molecular complexity index is 791. The molecule has 0 aromatic heterocycles. The number of carbonyl (C=O) groups excluding carboxylic acids is 2. The zero-order valence-corrected chi connectivity index (χ0v) is 13.8. The zero-order valence-electron chi connectivity index (χ0n) is 13.8. The minimum Gasteiger partial charge on any atom is -0.309 e. The number of anilines is 2. The molecule has 0 aliphatic carbocycles. The fourth-order valence-electron chi connectivity index (χ4n) is 3.06. The van der Waals surface area contributed by atoms with Crippen molar-refractivity contribution in [3.8, 4) is 0 Å². The van der Waals surface area contributed by atoms with Gasteiger partial charge in [-0.15, -0.1) is 6.58 Å². The van der Waals surface area contributed by atoms with E-state index in [2.05, 4.69) is 6.58 Å². The number of hydrogen-bond acceptors (Lipinski definition) is 2. The van der Waals surface area contributed by atoms with Crippen molar-refractivity contribution in [2.75, 3.05) is 22.9 Å². The summed E-state index contributed by atoms with van der Waals surface area (Å²) in [6.07, 6.45) is 1.73. The van der Waals surface area contributed by atoms with E-state index in [1.54, 1.807) is 29.2 Å². The van der Waals surface area contributed by atoms with E-state index in [0.717, 1.165) is 5.69 Å². The normalized spacial score (nSPS) is 16.8. The maximum atomic E-state index is 14.0. The SMILES string of the molecule is C=CCN(C(=O)[C@@H]1CC(=O)N(c2ccccc2F)C1)c1ccccc1. The summed E-state index contributed by atoms with van der Waals surface area (Å²) < 4.78 is 14.0. The van der Waals surface area contributed by atoms with Crippen LogP contribution in [0.25, 0.3) is 0 Å². The quantitative estimate of drug-likeness (QED) is 0.784. The number of amides is 2. The lowest BCUT2D eigenvalue weighted by Gasteiger charge is -2.24. The molecule has 0 saturated carbocycles. The number of para-hydroxylation sites is 2. The summed E-state index contributed by atoms with van der Waals surface area (Å²) in [6, 6.07) is 15.4. The highest BCUT2D eigenvalue weighted by Gasteiger charge is 2.38. The van der Waals surface area contributed by atoms with Crippen LogP contribution in [-0.4, -0.2) is 24.9 Å². The molecule has 1 aliphatic heterocycles. The average Bonchev–Trinajstić information content (AvgIpc) is 3.02. The van der Waals surface area contributed by atoms with E-state index in [1.165, 1.54) is 11.0 Å². The van der Waals surface area contributed by atoms with Crippen molar-refractivity contribution in [3.05, 3.63) is 73.1 Å². The molecule has 0 radical (unpaired) electrons. The molecule has 25 heavy (non-hydrogen) atoms. The lowest BCUT2D eigenvalue weighted by molar-refractivity contribution is -0.124. The van der Waals surface area contributed by atoms with Gasteiger partial charge in [0.15, 0.2) is 0 Å². The molecule has 1 atom stereocenters. The first kappa shape index (κ1) is 16.9. The second-order valence-electron chi connectivity index (χ2n) is 5.93. The lowest BCUT2D eigenvalue weighted by Crippen LogP contribution is -2.37. The predicted molar refractivity (Wildman–Crippen MR) is 95.9 cm³/mol. The van der Waals surface area contributed by atoms with Crippen LogP contribution in [0.1, 0.15) is 6.42 Å². The molecular formula is C20H19FN2O2. The summed E-state index contributed by atoms with van der Waals surface area (Å²) in [6.45, 7) is 4.24. The van der Waals surface area contributed by atoms with E-state index < -0.39 is 11.7 Å². The fourth-order valence-corrected chi connectivity index (χ4v) is 3.06. The lowest BCUT2D eigenvalue weighted by atomic mass is 10.1. The Morgan fingerprint density at radius 2 is 1.88 bits per heavy atom. The van der Waals surface area contributed by atoms with Gasteiger partial charge < -0.3 is 9.80 Å². The number of nitrogens with zero attached hydrogens (tertiary/aromatic N) is 2. The molecule has 0 bridgehead atoms. The maximum Gasteiger partial charge on any atom is 0.232 e. The summed E-state index contributed by atoms with van der Waals surface area (Å²) in [4.78, 5) is 28.2. The number of hydrogen-bond donors (Lipinski definition) is 0. The summed E-state index contributed by atoms with van der Waals surface area (Å²) in [7, 11) is 0. The van der Waals surface area contributed by atoms with Crippen LogP contribution in [0, 0.1) is 11.7 Å². The number of benzene rings is 2. The number of carbonyl (C=O) groups is 2. The van der Waals surface area contributed by atoms with Gasteiger partial charge in [0.25, 0.3) is 0 Å². The second-order valence-corrected chi connectivity index (χ2v) is 5.93. The summed E-state index contributed by atoms with van der Waals surface area (Å²) in [5, 5.41) is 0. The molecule has 0 unspecified atom stereocenters. The van der Waals surface area contributed by atoms with Gasteiger partial charge in [-0.05, 0) is 24.3 Å². The van der Waals surface area contributed by atoms with Gasteiger partial charge in [-0.3, -0.25) is 9.59 Å². The first-order valence-electron chi connectivity index (χ1n) is 8.14. The smallest absolute Gasteiger partial charge is 0.232 e. The Hall–Kier alpha value is -2.95. The highest BCUT2D eigenvalue weighted by atomic mass is 19.1. The topological polar surface area (TPSA) is 40.6 Å². The molecule has 1 fully saturated rings. The highest BCUT2D eigenvalue weighted by molar-refractivity contribution is 6.04. The standard InChI is InChI=1S/C20H19FN2O2/c1-2-12-22(16-8-4-3-5-9-16)20(25)15-13-19(24)23(14-15)18-11-7-6-10-17(18)21/h2-11,15H,1,12-14H2/t15-/m1/s1. The van der Waals surface area contributed by atoms with Crippen LogP contribution in [0.3, 0.4) is 0 Å². The zero-order chi connectivity index (χ0) is 17.8. The fraction of sp³-hybridized carbons (Fsp3) is 0.200. The van der Waals surface area contributed by atoms with E-state index in [-0.39, 0.29) is 30.5 Å². The van der Waals surface area contributed by atoms with Gasteiger partial charge in [0.1, 0.15) is 5.82 Å². The molecule has 3 rings (SSSR count). The summed E-state index contributed by atoms with van der Waals surface area (Å²) in [5.41, 5.74) is 0.974. The third kappa shape index (κ3) is 3.45. The van der Waals surface area contributed by atoms with Crippen molar-refractivity contribution < 1.29 is 14.0 Å². The van der Waals surface area contributed by atoms with Crippen molar-refractivity contribution in [3.63, 3.8) is 0 Å². The van der Waals surface area contributed by atoms with Crippen LogP contribution in [0.4, 0.5) is 15.8 Å². The van der Waals surface area contributed by atoms with Crippen molar-refractivity contribution in [1.82, 2.24) is 0 Å². The Morgan fingerprint density at radius 1 is 1.20 bits per heavy atom. The first-order chi connectivity index (χ1) is 12.1. The Kier molecular flexibility index (Phi) is 4.93. The molecule has 2 amide bonds. The molecule has 1 heterocycles. The van der Waals surface area contributed by atoms with Crippen LogP contribution >= 0.6 is 0 Å². The molecule has 5 heteroatoms. The molecule has 1 aliphatic rings. The van der Waals surface area contributed by atoms with Gasteiger partial charge in [0, 0.05) is 25.2 Å². The van der Waals surface area contributed by atoms with Gasteiger partial charge in [-0.2, -0.15) is 0 Å². The van der Waals surface area contributed by atoms with E-state index in [1.807, 2.05) is 30.3 Å². The molecule has 2 aromatic rings. The van der Waals surface area contributed by atoms with Crippen LogP contribution in [0.2, 0.25) is 0 Å². The maximum absolute atomic E-state index is 14.0. The van der Waals surface area contributed by atoms with Crippen molar-refractivity contribution >= 4 is 23.2 Å². The molecule has 4 nitrogen and oxygen atoms in total. The third-order valence-corrected chi connectivity index (χ3v) is 4.26. The summed E-state index contributed by atoms with van der Waals surface area (Å²) in [5.74, 6) is -1.37. The second kappa shape index (κ2) is 7.30. The van der Waals surface area contributed by atoms with Gasteiger partial charge in [-0.1, -0.05) is 36.4 Å². The Morgan fingerprint density at radius 3 is 2.56 bits per heavy atom. The minimum absolute atomic E-state index is 0.0770. The van der Waals surface area contributed by atoms with E-state index >= 15 is 0 Å². The summed E-state index contributed by atoms with van der Waals surface area (Å²) >= 11 is 0. The van der Waals surface area contributed by atoms with Crippen LogP contribution in [0.5, 0.6) is 0 Å². The highest BCUT2D eigenvalue weighted by Crippen LogP contribution is 2.29. The van der Waals surface area contributed by atoms with Gasteiger partial charge >= 0.3 is 0 Å². The molecular weight excluding hydrogens is 319 g/mol. The minimum atomic E-state index is -0.507. The van der Waals surface area contributed by atoms with Crippen molar-refractivity contribution in [2.24, 2.45) is 5.92 Å². The van der Waals surface area contributed by atoms with E-state index in [0.29, 0.717) is 6.54 Å². The first-order valence-corrected chi connectivity index (χ1v) is 8.14. The third-order valence-electron chi connectivity index (χ3n) is 4.26. The largest absolute Gasteiger partial charge is 0.309 e. The van der Waals surface area contributed by atoms with Crippen molar-refractivity contribution in [2.45, 2.75) is 6.42 Å². The Balaban J connectivity index is 1.82. The molecule has 0 N–H and O–H groups in total.